The molecule has 1 aliphatic rings. The van der Waals surface area contributed by atoms with Gasteiger partial charge in [-0.15, -0.1) is 0 Å². The first kappa shape index (κ1) is 16.9. The molecule has 0 aliphatic heterocycles. The summed E-state index contributed by atoms with van der Waals surface area (Å²) in [6.45, 7) is 5.50. The molecule has 1 aliphatic carbocycles. The number of ether oxygens (including phenoxy) is 1. The number of carbonyl (C=O) groups excluding carboxylic acids is 1. The molecule has 0 saturated carbocycles. The highest BCUT2D eigenvalue weighted by Gasteiger charge is 2.27. The van der Waals surface area contributed by atoms with Crippen LogP contribution in [0.15, 0.2) is 22.8 Å². The zero-order chi connectivity index (χ0) is 17.1. The van der Waals surface area contributed by atoms with E-state index in [2.05, 4.69) is 6.92 Å². The number of rotatable bonds is 7. The molecule has 1 unspecified atom stereocenters. The summed E-state index contributed by atoms with van der Waals surface area (Å²) >= 11 is 0. The third kappa shape index (κ3) is 3.14. The van der Waals surface area contributed by atoms with Gasteiger partial charge in [0.2, 0.25) is 5.91 Å². The van der Waals surface area contributed by atoms with Gasteiger partial charge in [-0.2, -0.15) is 0 Å². The van der Waals surface area contributed by atoms with Crippen LogP contribution in [0.5, 0.6) is 5.75 Å². The fourth-order valence-corrected chi connectivity index (χ4v) is 3.82. The molecule has 1 atom stereocenters. The standard InChI is InChI=1S/C20H27NO3/c1-4-5-11-21(14(2)22)12-10-15-6-7-16-13-24-18-9-8-17(23-3)19(15)20(16)18/h8-9,13,15H,4-7,10-12H2,1-3H3. The van der Waals surface area contributed by atoms with Crippen molar-refractivity contribution < 1.29 is 13.9 Å². The zero-order valence-corrected chi connectivity index (χ0v) is 14.9. The van der Waals surface area contributed by atoms with E-state index in [1.165, 1.54) is 16.5 Å². The molecule has 1 aromatic heterocycles. The van der Waals surface area contributed by atoms with Gasteiger partial charge in [0.15, 0.2) is 0 Å². The summed E-state index contributed by atoms with van der Waals surface area (Å²) in [6, 6.07) is 4.00. The molecular formula is C20H27NO3. The number of hydrogen-bond acceptors (Lipinski definition) is 3. The van der Waals surface area contributed by atoms with Gasteiger partial charge in [0.05, 0.1) is 13.4 Å². The molecule has 0 spiro atoms. The summed E-state index contributed by atoms with van der Waals surface area (Å²) in [7, 11) is 1.73. The smallest absolute Gasteiger partial charge is 0.219 e. The number of furan rings is 1. The monoisotopic (exact) mass is 329 g/mol. The van der Waals surface area contributed by atoms with E-state index < -0.39 is 0 Å². The van der Waals surface area contributed by atoms with Crippen molar-refractivity contribution in [3.63, 3.8) is 0 Å². The van der Waals surface area contributed by atoms with E-state index >= 15 is 0 Å². The Kier molecular flexibility index (Phi) is 5.12. The number of benzene rings is 1. The Morgan fingerprint density at radius 3 is 2.92 bits per heavy atom. The highest BCUT2D eigenvalue weighted by atomic mass is 16.5. The van der Waals surface area contributed by atoms with Gasteiger partial charge >= 0.3 is 0 Å². The van der Waals surface area contributed by atoms with Gasteiger partial charge in [-0.1, -0.05) is 13.3 Å². The maximum Gasteiger partial charge on any atom is 0.219 e. The van der Waals surface area contributed by atoms with Crippen LogP contribution in [-0.4, -0.2) is 31.0 Å². The number of hydrogen-bond donors (Lipinski definition) is 0. The molecular weight excluding hydrogens is 302 g/mol. The fraction of sp³-hybridized carbons (Fsp3) is 0.550. The van der Waals surface area contributed by atoms with Gasteiger partial charge < -0.3 is 14.1 Å². The minimum absolute atomic E-state index is 0.174. The van der Waals surface area contributed by atoms with Crippen molar-refractivity contribution in [1.82, 2.24) is 4.90 Å². The Morgan fingerprint density at radius 2 is 2.21 bits per heavy atom. The first-order valence-electron chi connectivity index (χ1n) is 8.98. The minimum atomic E-state index is 0.174. The summed E-state index contributed by atoms with van der Waals surface area (Å²) in [5.74, 6) is 1.53. The molecule has 24 heavy (non-hydrogen) atoms. The van der Waals surface area contributed by atoms with Crippen molar-refractivity contribution in [3.8, 4) is 5.75 Å². The molecule has 1 amide bonds. The van der Waals surface area contributed by atoms with Crippen molar-refractivity contribution >= 4 is 16.9 Å². The third-order valence-corrected chi connectivity index (χ3v) is 5.18. The molecule has 0 bridgehead atoms. The highest BCUT2D eigenvalue weighted by Crippen LogP contribution is 2.44. The SMILES string of the molecule is CCCCN(CCC1CCc2coc3ccc(OC)c1c23)C(C)=O. The van der Waals surface area contributed by atoms with Crippen LogP contribution in [0, 0.1) is 0 Å². The van der Waals surface area contributed by atoms with Gasteiger partial charge in [-0.3, -0.25) is 4.79 Å². The van der Waals surface area contributed by atoms with Crippen molar-refractivity contribution in [1.29, 1.82) is 0 Å². The molecule has 4 heteroatoms. The van der Waals surface area contributed by atoms with E-state index in [1.54, 1.807) is 14.0 Å². The summed E-state index contributed by atoms with van der Waals surface area (Å²) in [5.41, 5.74) is 3.49. The van der Waals surface area contributed by atoms with E-state index in [1.807, 2.05) is 23.3 Å². The van der Waals surface area contributed by atoms with Gasteiger partial charge in [-0.25, -0.2) is 0 Å². The predicted molar refractivity (Wildman–Crippen MR) is 95.6 cm³/mol. The molecule has 0 radical (unpaired) electrons. The van der Waals surface area contributed by atoms with Crippen LogP contribution in [0.25, 0.3) is 11.0 Å². The lowest BCUT2D eigenvalue weighted by molar-refractivity contribution is -0.129. The quantitative estimate of drug-likeness (QED) is 0.750. The molecule has 3 rings (SSSR count). The number of nitrogens with zero attached hydrogens (tertiary/aromatic N) is 1. The number of amides is 1. The normalized spacial score (nSPS) is 16.4. The second kappa shape index (κ2) is 7.29. The minimum Gasteiger partial charge on any atom is -0.496 e. The first-order chi connectivity index (χ1) is 11.7. The topological polar surface area (TPSA) is 42.7 Å². The summed E-state index contributed by atoms with van der Waals surface area (Å²) < 4.78 is 11.3. The van der Waals surface area contributed by atoms with Gasteiger partial charge in [0, 0.05) is 31.0 Å². The van der Waals surface area contributed by atoms with E-state index in [-0.39, 0.29) is 5.91 Å². The molecule has 4 nitrogen and oxygen atoms in total. The first-order valence-corrected chi connectivity index (χ1v) is 8.98. The Hall–Kier alpha value is -1.97. The van der Waals surface area contributed by atoms with Crippen LogP contribution in [0.2, 0.25) is 0 Å². The average Bonchev–Trinajstić information content (AvgIpc) is 3.01. The number of carbonyl (C=O) groups is 1. The van der Waals surface area contributed by atoms with E-state index in [9.17, 15) is 4.79 Å². The fourth-order valence-electron chi connectivity index (χ4n) is 3.82. The van der Waals surface area contributed by atoms with Crippen molar-refractivity contribution in [2.45, 2.75) is 51.9 Å². The lowest BCUT2D eigenvalue weighted by Gasteiger charge is -2.28. The highest BCUT2D eigenvalue weighted by molar-refractivity contribution is 5.88. The maximum atomic E-state index is 11.9. The van der Waals surface area contributed by atoms with Gasteiger partial charge in [-0.05, 0) is 49.3 Å². The van der Waals surface area contributed by atoms with Crippen LogP contribution >= 0.6 is 0 Å². The van der Waals surface area contributed by atoms with E-state index in [0.717, 1.165) is 56.5 Å². The lowest BCUT2D eigenvalue weighted by atomic mass is 9.81. The molecule has 0 N–H and O–H groups in total. The molecule has 2 aromatic rings. The van der Waals surface area contributed by atoms with E-state index in [4.69, 9.17) is 9.15 Å². The van der Waals surface area contributed by atoms with Crippen LogP contribution < -0.4 is 4.74 Å². The van der Waals surface area contributed by atoms with E-state index in [0.29, 0.717) is 5.92 Å². The Morgan fingerprint density at radius 1 is 1.38 bits per heavy atom. The second-order valence-electron chi connectivity index (χ2n) is 6.70. The number of aryl methyl sites for hydroxylation is 1. The van der Waals surface area contributed by atoms with Gasteiger partial charge in [0.1, 0.15) is 11.3 Å². The Labute approximate surface area is 143 Å². The molecule has 1 aromatic carbocycles. The molecule has 0 fully saturated rings. The molecule has 130 valence electrons. The van der Waals surface area contributed by atoms with Crippen molar-refractivity contribution in [2.24, 2.45) is 0 Å². The van der Waals surface area contributed by atoms with Crippen molar-refractivity contribution in [3.05, 3.63) is 29.5 Å². The Bertz CT molecular complexity index is 719. The van der Waals surface area contributed by atoms with Crippen molar-refractivity contribution in [2.75, 3.05) is 20.2 Å². The lowest BCUT2D eigenvalue weighted by Crippen LogP contribution is -2.31. The molecule has 0 saturated heterocycles. The van der Waals surface area contributed by atoms with Crippen LogP contribution in [0.1, 0.15) is 56.6 Å². The predicted octanol–water partition coefficient (Wildman–Crippen LogP) is 4.51. The van der Waals surface area contributed by atoms with Crippen LogP contribution in [0.3, 0.4) is 0 Å². The van der Waals surface area contributed by atoms with Gasteiger partial charge in [0.25, 0.3) is 0 Å². The third-order valence-electron chi connectivity index (χ3n) is 5.18. The maximum absolute atomic E-state index is 11.9. The Balaban J connectivity index is 1.83. The second-order valence-corrected chi connectivity index (χ2v) is 6.70. The number of methoxy groups -OCH3 is 1. The van der Waals surface area contributed by atoms with Crippen LogP contribution in [0.4, 0.5) is 0 Å². The van der Waals surface area contributed by atoms with Crippen LogP contribution in [-0.2, 0) is 11.2 Å². The summed E-state index contributed by atoms with van der Waals surface area (Å²) in [4.78, 5) is 13.9. The summed E-state index contributed by atoms with van der Waals surface area (Å²) in [6.07, 6.45) is 7.15. The number of unbranched alkanes of at least 4 members (excludes halogenated alkanes) is 1. The zero-order valence-electron chi connectivity index (χ0n) is 14.9. The average molecular weight is 329 g/mol. The summed E-state index contributed by atoms with van der Waals surface area (Å²) in [5, 5.41) is 1.23. The molecule has 1 heterocycles. The largest absolute Gasteiger partial charge is 0.496 e.